The molecule has 5 N–H and O–H groups in total. The standard InChI is InChI=1S/C9H20N2O3/c1-4-9(5-12,6-13)11-7(14)8(2,3)10/h12-13H,4-6,10H2,1-3H3,(H,11,14). The number of aliphatic hydroxyl groups is 2. The smallest absolute Gasteiger partial charge is 0.240 e. The van der Waals surface area contributed by atoms with Crippen LogP contribution in [0.25, 0.3) is 0 Å². The molecular weight excluding hydrogens is 184 g/mol. The second-order valence-corrected chi connectivity index (χ2v) is 4.13. The molecule has 0 heterocycles. The zero-order valence-electron chi connectivity index (χ0n) is 9.00. The monoisotopic (exact) mass is 204 g/mol. The Kier molecular flexibility index (Phi) is 4.51. The Morgan fingerprint density at radius 3 is 2.00 bits per heavy atom. The van der Waals surface area contributed by atoms with Crippen molar-refractivity contribution in [2.75, 3.05) is 13.2 Å². The fourth-order valence-corrected chi connectivity index (χ4v) is 0.843. The van der Waals surface area contributed by atoms with E-state index in [1.165, 1.54) is 0 Å². The van der Waals surface area contributed by atoms with E-state index in [1.807, 2.05) is 0 Å². The molecule has 0 bridgehead atoms. The highest BCUT2D eigenvalue weighted by atomic mass is 16.3. The van der Waals surface area contributed by atoms with Gasteiger partial charge in [-0.2, -0.15) is 0 Å². The molecule has 0 atom stereocenters. The van der Waals surface area contributed by atoms with Crippen LogP contribution in [-0.2, 0) is 4.79 Å². The molecule has 84 valence electrons. The summed E-state index contributed by atoms with van der Waals surface area (Å²) in [4.78, 5) is 11.5. The molecule has 0 aromatic heterocycles. The summed E-state index contributed by atoms with van der Waals surface area (Å²) in [7, 11) is 0. The molecule has 14 heavy (non-hydrogen) atoms. The van der Waals surface area contributed by atoms with E-state index in [-0.39, 0.29) is 19.1 Å². The van der Waals surface area contributed by atoms with Gasteiger partial charge in [-0.05, 0) is 20.3 Å². The summed E-state index contributed by atoms with van der Waals surface area (Å²) in [6, 6.07) is 0. The van der Waals surface area contributed by atoms with Crippen molar-refractivity contribution in [1.82, 2.24) is 5.32 Å². The lowest BCUT2D eigenvalue weighted by Gasteiger charge is -2.32. The summed E-state index contributed by atoms with van der Waals surface area (Å²) in [5, 5.41) is 20.7. The van der Waals surface area contributed by atoms with Crippen LogP contribution in [0.4, 0.5) is 0 Å². The number of hydrogen-bond acceptors (Lipinski definition) is 4. The summed E-state index contributed by atoms with van der Waals surface area (Å²) in [6.45, 7) is 4.30. The van der Waals surface area contributed by atoms with Crippen molar-refractivity contribution in [3.8, 4) is 0 Å². The number of rotatable bonds is 5. The predicted octanol–water partition coefficient (Wildman–Crippen LogP) is -1.03. The van der Waals surface area contributed by atoms with Crippen LogP contribution in [-0.4, -0.2) is 40.4 Å². The van der Waals surface area contributed by atoms with Crippen molar-refractivity contribution in [2.24, 2.45) is 5.73 Å². The van der Waals surface area contributed by atoms with E-state index in [9.17, 15) is 4.79 Å². The van der Waals surface area contributed by atoms with Crippen molar-refractivity contribution in [3.05, 3.63) is 0 Å². The van der Waals surface area contributed by atoms with Gasteiger partial charge in [-0.1, -0.05) is 6.92 Å². The number of aliphatic hydroxyl groups excluding tert-OH is 2. The normalized spacial score (nSPS) is 12.7. The zero-order valence-corrected chi connectivity index (χ0v) is 9.00. The SMILES string of the molecule is CCC(CO)(CO)NC(=O)C(C)(C)N. The van der Waals surface area contributed by atoms with Crippen LogP contribution in [0.5, 0.6) is 0 Å². The Morgan fingerprint density at radius 1 is 1.36 bits per heavy atom. The van der Waals surface area contributed by atoms with E-state index >= 15 is 0 Å². The fourth-order valence-electron chi connectivity index (χ4n) is 0.843. The molecule has 0 unspecified atom stereocenters. The van der Waals surface area contributed by atoms with Gasteiger partial charge in [0.1, 0.15) is 0 Å². The van der Waals surface area contributed by atoms with Gasteiger partial charge in [0.25, 0.3) is 0 Å². The van der Waals surface area contributed by atoms with Crippen LogP contribution < -0.4 is 11.1 Å². The Balaban J connectivity index is 4.54. The third kappa shape index (κ3) is 3.25. The highest BCUT2D eigenvalue weighted by Gasteiger charge is 2.33. The number of hydrogen-bond donors (Lipinski definition) is 4. The third-order valence-corrected chi connectivity index (χ3v) is 2.25. The number of amides is 1. The first-order valence-electron chi connectivity index (χ1n) is 4.64. The van der Waals surface area contributed by atoms with E-state index < -0.39 is 11.1 Å². The topological polar surface area (TPSA) is 95.6 Å². The molecule has 0 aliphatic carbocycles. The molecule has 0 saturated heterocycles. The average Bonchev–Trinajstić information content (AvgIpc) is 2.12. The average molecular weight is 204 g/mol. The molecule has 0 saturated carbocycles. The molecular formula is C9H20N2O3. The molecule has 5 heteroatoms. The second kappa shape index (κ2) is 4.72. The van der Waals surface area contributed by atoms with E-state index in [4.69, 9.17) is 15.9 Å². The first kappa shape index (κ1) is 13.4. The molecule has 5 nitrogen and oxygen atoms in total. The van der Waals surface area contributed by atoms with Gasteiger partial charge in [0.05, 0.1) is 24.3 Å². The van der Waals surface area contributed by atoms with Crippen molar-refractivity contribution in [3.63, 3.8) is 0 Å². The van der Waals surface area contributed by atoms with Gasteiger partial charge in [0, 0.05) is 0 Å². The molecule has 0 aliphatic heterocycles. The lowest BCUT2D eigenvalue weighted by Crippen LogP contribution is -2.60. The largest absolute Gasteiger partial charge is 0.394 e. The number of carbonyl (C=O) groups excluding carboxylic acids is 1. The molecule has 0 spiro atoms. The number of nitrogens with two attached hydrogens (primary N) is 1. The Hall–Kier alpha value is -0.650. The van der Waals surface area contributed by atoms with Crippen LogP contribution in [0, 0.1) is 0 Å². The van der Waals surface area contributed by atoms with Gasteiger partial charge < -0.3 is 21.3 Å². The van der Waals surface area contributed by atoms with Crippen molar-refractivity contribution in [1.29, 1.82) is 0 Å². The van der Waals surface area contributed by atoms with Gasteiger partial charge in [-0.15, -0.1) is 0 Å². The van der Waals surface area contributed by atoms with Crippen molar-refractivity contribution >= 4 is 5.91 Å². The predicted molar refractivity (Wildman–Crippen MR) is 53.6 cm³/mol. The molecule has 0 aromatic carbocycles. The Labute approximate surface area is 84.3 Å². The zero-order chi connectivity index (χ0) is 11.4. The summed E-state index contributed by atoms with van der Waals surface area (Å²) >= 11 is 0. The highest BCUT2D eigenvalue weighted by Crippen LogP contribution is 2.10. The quantitative estimate of drug-likeness (QED) is 0.460. The third-order valence-electron chi connectivity index (χ3n) is 2.25. The Bertz CT molecular complexity index is 186. The minimum Gasteiger partial charge on any atom is -0.394 e. The van der Waals surface area contributed by atoms with E-state index in [0.717, 1.165) is 0 Å². The van der Waals surface area contributed by atoms with Crippen LogP contribution in [0.15, 0.2) is 0 Å². The van der Waals surface area contributed by atoms with E-state index in [2.05, 4.69) is 5.32 Å². The lowest BCUT2D eigenvalue weighted by atomic mass is 9.96. The molecule has 0 aliphatic rings. The lowest BCUT2D eigenvalue weighted by molar-refractivity contribution is -0.128. The summed E-state index contributed by atoms with van der Waals surface area (Å²) in [5.41, 5.74) is 3.60. The summed E-state index contributed by atoms with van der Waals surface area (Å²) in [6.07, 6.45) is 0.446. The first-order chi connectivity index (χ1) is 6.31. The molecule has 0 aromatic rings. The van der Waals surface area contributed by atoms with Gasteiger partial charge in [-0.25, -0.2) is 0 Å². The first-order valence-corrected chi connectivity index (χ1v) is 4.64. The minimum atomic E-state index is -1.01. The van der Waals surface area contributed by atoms with Gasteiger partial charge in [0.2, 0.25) is 5.91 Å². The van der Waals surface area contributed by atoms with Crippen LogP contribution in [0.1, 0.15) is 27.2 Å². The summed E-state index contributed by atoms with van der Waals surface area (Å²) < 4.78 is 0. The van der Waals surface area contributed by atoms with Crippen LogP contribution >= 0.6 is 0 Å². The van der Waals surface area contributed by atoms with Gasteiger partial charge in [0.15, 0.2) is 0 Å². The van der Waals surface area contributed by atoms with E-state index in [1.54, 1.807) is 20.8 Å². The summed E-state index contributed by atoms with van der Waals surface area (Å²) in [5.74, 6) is -0.387. The van der Waals surface area contributed by atoms with Crippen LogP contribution in [0.3, 0.4) is 0 Å². The van der Waals surface area contributed by atoms with Gasteiger partial charge in [-0.3, -0.25) is 4.79 Å². The Morgan fingerprint density at radius 2 is 1.79 bits per heavy atom. The number of nitrogens with one attached hydrogen (secondary N) is 1. The molecule has 0 radical (unpaired) electrons. The second-order valence-electron chi connectivity index (χ2n) is 4.13. The maximum Gasteiger partial charge on any atom is 0.240 e. The van der Waals surface area contributed by atoms with E-state index in [0.29, 0.717) is 6.42 Å². The van der Waals surface area contributed by atoms with Gasteiger partial charge >= 0.3 is 0 Å². The molecule has 0 rings (SSSR count). The fraction of sp³-hybridized carbons (Fsp3) is 0.889. The maximum absolute atomic E-state index is 11.5. The molecule has 1 amide bonds. The van der Waals surface area contributed by atoms with Crippen LogP contribution in [0.2, 0.25) is 0 Å². The highest BCUT2D eigenvalue weighted by molar-refractivity contribution is 5.85. The van der Waals surface area contributed by atoms with Crippen molar-refractivity contribution < 1.29 is 15.0 Å². The maximum atomic E-state index is 11.5. The van der Waals surface area contributed by atoms with Crippen molar-refractivity contribution in [2.45, 2.75) is 38.3 Å². The number of carbonyl (C=O) groups is 1. The molecule has 0 fully saturated rings. The minimum absolute atomic E-state index is 0.304.